The zero-order valence-electron chi connectivity index (χ0n) is 13.9. The first kappa shape index (κ1) is 16.8. The summed E-state index contributed by atoms with van der Waals surface area (Å²) in [6.07, 6.45) is 7.99. The number of nitrogens with one attached hydrogen (secondary N) is 1. The molecule has 0 aromatic carbocycles. The molecular weight excluding hydrogens is 262 g/mol. The molecule has 2 fully saturated rings. The van der Waals surface area contributed by atoms with Crippen molar-refractivity contribution in [3.8, 4) is 0 Å². The van der Waals surface area contributed by atoms with Crippen LogP contribution in [0.3, 0.4) is 0 Å². The first-order valence-corrected chi connectivity index (χ1v) is 8.69. The van der Waals surface area contributed by atoms with E-state index >= 15 is 0 Å². The molecule has 2 aliphatic rings. The van der Waals surface area contributed by atoms with Gasteiger partial charge in [-0.15, -0.1) is 0 Å². The second kappa shape index (κ2) is 7.59. The van der Waals surface area contributed by atoms with Gasteiger partial charge in [0.05, 0.1) is 0 Å². The van der Waals surface area contributed by atoms with Crippen LogP contribution in [0.25, 0.3) is 0 Å². The summed E-state index contributed by atoms with van der Waals surface area (Å²) < 4.78 is 0. The fourth-order valence-electron chi connectivity index (χ4n) is 3.81. The van der Waals surface area contributed by atoms with Crippen molar-refractivity contribution in [1.82, 2.24) is 10.2 Å². The van der Waals surface area contributed by atoms with Crippen LogP contribution >= 0.6 is 0 Å². The standard InChI is InChI=1S/C17H33N3O/c1-17(7-10-20(2)11-8-17)13-19-16(21)15-5-3-4-14(12-15)6-9-18/h14-15H,3-13,18H2,1-2H3,(H,19,21). The van der Waals surface area contributed by atoms with Gasteiger partial charge < -0.3 is 16.0 Å². The van der Waals surface area contributed by atoms with E-state index in [1.54, 1.807) is 0 Å². The van der Waals surface area contributed by atoms with Crippen molar-refractivity contribution in [2.24, 2.45) is 23.0 Å². The minimum Gasteiger partial charge on any atom is -0.355 e. The number of carbonyl (C=O) groups is 1. The lowest BCUT2D eigenvalue weighted by molar-refractivity contribution is -0.127. The van der Waals surface area contributed by atoms with Gasteiger partial charge in [0.1, 0.15) is 0 Å². The summed E-state index contributed by atoms with van der Waals surface area (Å²) >= 11 is 0. The summed E-state index contributed by atoms with van der Waals surface area (Å²) in [7, 11) is 2.18. The lowest BCUT2D eigenvalue weighted by atomic mass is 9.78. The van der Waals surface area contributed by atoms with Crippen molar-refractivity contribution < 1.29 is 4.79 Å². The molecule has 1 heterocycles. The number of likely N-dealkylation sites (tertiary alicyclic amines) is 1. The van der Waals surface area contributed by atoms with Crippen molar-refractivity contribution in [2.75, 3.05) is 33.2 Å². The lowest BCUT2D eigenvalue weighted by Crippen LogP contribution is -2.45. The van der Waals surface area contributed by atoms with E-state index in [0.717, 1.165) is 45.4 Å². The summed E-state index contributed by atoms with van der Waals surface area (Å²) in [5.74, 6) is 1.18. The van der Waals surface area contributed by atoms with Crippen LogP contribution in [-0.2, 0) is 4.79 Å². The van der Waals surface area contributed by atoms with Crippen molar-refractivity contribution in [2.45, 2.75) is 51.9 Å². The molecule has 4 heteroatoms. The summed E-state index contributed by atoms with van der Waals surface area (Å²) in [5, 5.41) is 3.25. The van der Waals surface area contributed by atoms with E-state index < -0.39 is 0 Å². The molecule has 1 saturated heterocycles. The van der Waals surface area contributed by atoms with Crippen LogP contribution < -0.4 is 11.1 Å². The van der Waals surface area contributed by atoms with Crippen LogP contribution in [0.15, 0.2) is 0 Å². The highest BCUT2D eigenvalue weighted by Crippen LogP contribution is 2.32. The van der Waals surface area contributed by atoms with Gasteiger partial charge >= 0.3 is 0 Å². The fraction of sp³-hybridized carbons (Fsp3) is 0.941. The SMILES string of the molecule is CN1CCC(C)(CNC(=O)C2CCCC(CCN)C2)CC1. The Morgan fingerprint density at radius 1 is 1.33 bits per heavy atom. The third-order valence-corrected chi connectivity index (χ3v) is 5.61. The van der Waals surface area contributed by atoms with Gasteiger partial charge in [-0.25, -0.2) is 0 Å². The third-order valence-electron chi connectivity index (χ3n) is 5.61. The molecule has 0 aromatic rings. The minimum absolute atomic E-state index is 0.227. The second-order valence-electron chi connectivity index (χ2n) is 7.64. The Bertz CT molecular complexity index is 335. The van der Waals surface area contributed by atoms with Crippen LogP contribution in [0.2, 0.25) is 0 Å². The maximum absolute atomic E-state index is 12.4. The van der Waals surface area contributed by atoms with Gasteiger partial charge in [0.25, 0.3) is 0 Å². The zero-order chi connectivity index (χ0) is 15.3. The lowest BCUT2D eigenvalue weighted by Gasteiger charge is -2.38. The smallest absolute Gasteiger partial charge is 0.223 e. The molecule has 3 N–H and O–H groups in total. The number of piperidine rings is 1. The number of hydrogen-bond acceptors (Lipinski definition) is 3. The van der Waals surface area contributed by atoms with Crippen LogP contribution in [0.1, 0.15) is 51.9 Å². The van der Waals surface area contributed by atoms with E-state index in [0.29, 0.717) is 5.92 Å². The van der Waals surface area contributed by atoms with E-state index in [1.807, 2.05) is 0 Å². The molecule has 0 radical (unpaired) electrons. The molecule has 0 spiro atoms. The van der Waals surface area contributed by atoms with Crippen LogP contribution in [0.5, 0.6) is 0 Å². The molecule has 0 bridgehead atoms. The predicted molar refractivity (Wildman–Crippen MR) is 87.0 cm³/mol. The molecule has 1 aliphatic carbocycles. The largest absolute Gasteiger partial charge is 0.355 e. The highest BCUT2D eigenvalue weighted by Gasteiger charge is 2.31. The van der Waals surface area contributed by atoms with Gasteiger partial charge in [-0.05, 0) is 70.1 Å². The highest BCUT2D eigenvalue weighted by molar-refractivity contribution is 5.78. The molecule has 2 atom stereocenters. The number of nitrogens with two attached hydrogens (primary N) is 1. The number of rotatable bonds is 5. The van der Waals surface area contributed by atoms with Crippen LogP contribution in [-0.4, -0.2) is 44.0 Å². The third kappa shape index (κ3) is 4.96. The molecule has 122 valence electrons. The van der Waals surface area contributed by atoms with Gasteiger partial charge in [-0.2, -0.15) is 0 Å². The van der Waals surface area contributed by atoms with E-state index in [4.69, 9.17) is 5.73 Å². The maximum atomic E-state index is 12.4. The number of carbonyl (C=O) groups excluding carboxylic acids is 1. The van der Waals surface area contributed by atoms with Gasteiger partial charge in [0, 0.05) is 12.5 Å². The Labute approximate surface area is 129 Å². The van der Waals surface area contributed by atoms with Gasteiger partial charge in [-0.1, -0.05) is 19.8 Å². The maximum Gasteiger partial charge on any atom is 0.223 e. The molecule has 2 rings (SSSR count). The molecule has 1 amide bonds. The van der Waals surface area contributed by atoms with E-state index in [2.05, 4.69) is 24.2 Å². The van der Waals surface area contributed by atoms with E-state index in [-0.39, 0.29) is 17.2 Å². The molecule has 2 unspecified atom stereocenters. The first-order valence-electron chi connectivity index (χ1n) is 8.69. The highest BCUT2D eigenvalue weighted by atomic mass is 16.1. The van der Waals surface area contributed by atoms with E-state index in [1.165, 1.54) is 25.7 Å². The van der Waals surface area contributed by atoms with E-state index in [9.17, 15) is 4.79 Å². The average Bonchev–Trinajstić information content (AvgIpc) is 2.49. The first-order chi connectivity index (χ1) is 10.0. The number of amides is 1. The Morgan fingerprint density at radius 3 is 2.71 bits per heavy atom. The Hall–Kier alpha value is -0.610. The summed E-state index contributed by atoms with van der Waals surface area (Å²) in [6.45, 7) is 6.21. The Balaban J connectivity index is 1.76. The van der Waals surface area contributed by atoms with Crippen molar-refractivity contribution in [1.29, 1.82) is 0 Å². The average molecular weight is 295 g/mol. The molecule has 0 aromatic heterocycles. The normalized spacial score (nSPS) is 30.0. The molecule has 1 saturated carbocycles. The van der Waals surface area contributed by atoms with Crippen LogP contribution in [0.4, 0.5) is 0 Å². The van der Waals surface area contributed by atoms with Crippen molar-refractivity contribution in [3.05, 3.63) is 0 Å². The monoisotopic (exact) mass is 295 g/mol. The van der Waals surface area contributed by atoms with Crippen molar-refractivity contribution >= 4 is 5.91 Å². The molecule has 1 aliphatic heterocycles. The van der Waals surface area contributed by atoms with Crippen molar-refractivity contribution in [3.63, 3.8) is 0 Å². The quantitative estimate of drug-likeness (QED) is 0.815. The minimum atomic E-state index is 0.227. The summed E-state index contributed by atoms with van der Waals surface area (Å²) in [6, 6.07) is 0. The van der Waals surface area contributed by atoms with Crippen LogP contribution in [0, 0.1) is 17.3 Å². The fourth-order valence-corrected chi connectivity index (χ4v) is 3.81. The topological polar surface area (TPSA) is 58.4 Å². The molecular formula is C17H33N3O. The van der Waals surface area contributed by atoms with Gasteiger partial charge in [0.2, 0.25) is 5.91 Å². The second-order valence-corrected chi connectivity index (χ2v) is 7.64. The summed E-state index contributed by atoms with van der Waals surface area (Å²) in [5.41, 5.74) is 5.95. The Morgan fingerprint density at radius 2 is 2.05 bits per heavy atom. The van der Waals surface area contributed by atoms with Gasteiger partial charge in [0.15, 0.2) is 0 Å². The van der Waals surface area contributed by atoms with Gasteiger partial charge in [-0.3, -0.25) is 4.79 Å². The molecule has 21 heavy (non-hydrogen) atoms. The summed E-state index contributed by atoms with van der Waals surface area (Å²) in [4.78, 5) is 14.8. The number of hydrogen-bond donors (Lipinski definition) is 2. The Kier molecular flexibility index (Phi) is 6.06. The number of nitrogens with zero attached hydrogens (tertiary/aromatic N) is 1. The zero-order valence-corrected chi connectivity index (χ0v) is 13.9. The predicted octanol–water partition coefficient (Wildman–Crippen LogP) is 1.99. The molecule has 4 nitrogen and oxygen atoms in total.